The number of hydrogen-bond acceptors (Lipinski definition) is 6. The van der Waals surface area contributed by atoms with Crippen LogP contribution in [-0.2, 0) is 4.84 Å². The molecule has 126 valence electrons. The number of hydrogen-bond donors (Lipinski definition) is 2. The normalized spacial score (nSPS) is 10.8. The second kappa shape index (κ2) is 7.63. The van der Waals surface area contributed by atoms with Gasteiger partial charge in [-0.2, -0.15) is 0 Å². The van der Waals surface area contributed by atoms with Gasteiger partial charge in [0.25, 0.3) is 0 Å². The van der Waals surface area contributed by atoms with Crippen LogP contribution < -0.4 is 11.1 Å². The molecular formula is C19H17N3O2S. The number of rotatable bonds is 6. The van der Waals surface area contributed by atoms with E-state index in [9.17, 15) is 4.79 Å². The number of anilines is 3. The largest absolute Gasteiger partial charge is 0.399 e. The first kappa shape index (κ1) is 16.7. The summed E-state index contributed by atoms with van der Waals surface area (Å²) in [5.41, 5.74) is 8.75. The number of thiophene rings is 1. The number of carbonyl (C=O) groups is 1. The van der Waals surface area contributed by atoms with E-state index in [1.165, 1.54) is 24.7 Å². The molecule has 0 aliphatic heterocycles. The molecule has 0 radical (unpaired) electrons. The van der Waals surface area contributed by atoms with E-state index in [-0.39, 0.29) is 5.78 Å². The third-order valence-corrected chi connectivity index (χ3v) is 4.68. The summed E-state index contributed by atoms with van der Waals surface area (Å²) in [5.74, 6) is -0.115. The summed E-state index contributed by atoms with van der Waals surface area (Å²) in [5, 5.41) is 7.83. The minimum atomic E-state index is -0.115. The molecule has 6 heteroatoms. The quantitative estimate of drug-likeness (QED) is 0.395. The number of para-hydroxylation sites is 1. The highest BCUT2D eigenvalue weighted by Gasteiger charge is 2.21. The third-order valence-electron chi connectivity index (χ3n) is 3.54. The van der Waals surface area contributed by atoms with Gasteiger partial charge in [-0.1, -0.05) is 53.7 Å². The zero-order valence-electron chi connectivity index (χ0n) is 13.6. The van der Waals surface area contributed by atoms with Crippen molar-refractivity contribution < 1.29 is 9.63 Å². The first-order chi connectivity index (χ1) is 12.2. The third kappa shape index (κ3) is 3.70. The molecule has 0 aliphatic rings. The lowest BCUT2D eigenvalue weighted by Crippen LogP contribution is -2.03. The number of nitrogens with zero attached hydrogens (tertiary/aromatic N) is 1. The molecule has 2 aromatic carbocycles. The number of oxime groups is 1. The fourth-order valence-corrected chi connectivity index (χ4v) is 3.40. The molecule has 0 fully saturated rings. The van der Waals surface area contributed by atoms with Gasteiger partial charge in [0.05, 0.1) is 17.5 Å². The van der Waals surface area contributed by atoms with Crippen LogP contribution in [0.1, 0.15) is 20.8 Å². The van der Waals surface area contributed by atoms with Crippen molar-refractivity contribution in [2.24, 2.45) is 5.16 Å². The molecule has 0 bridgehead atoms. The number of nitrogens with two attached hydrogens (primary N) is 1. The van der Waals surface area contributed by atoms with Crippen molar-refractivity contribution in [1.29, 1.82) is 0 Å². The molecule has 1 aromatic heterocycles. The van der Waals surface area contributed by atoms with Gasteiger partial charge >= 0.3 is 0 Å². The van der Waals surface area contributed by atoms with Crippen molar-refractivity contribution in [3.8, 4) is 0 Å². The maximum atomic E-state index is 12.8. The Labute approximate surface area is 149 Å². The molecule has 0 unspecified atom stereocenters. The molecule has 0 saturated carbocycles. The Balaban J connectivity index is 2.02. The average Bonchev–Trinajstić information content (AvgIpc) is 2.96. The van der Waals surface area contributed by atoms with Crippen LogP contribution in [0.5, 0.6) is 0 Å². The van der Waals surface area contributed by atoms with Gasteiger partial charge in [0, 0.05) is 11.3 Å². The first-order valence-electron chi connectivity index (χ1n) is 7.61. The predicted octanol–water partition coefficient (Wildman–Crippen LogP) is 4.29. The molecule has 0 atom stereocenters. The topological polar surface area (TPSA) is 76.7 Å². The van der Waals surface area contributed by atoms with Crippen molar-refractivity contribution in [2.75, 3.05) is 18.2 Å². The average molecular weight is 351 g/mol. The molecule has 3 rings (SSSR count). The van der Waals surface area contributed by atoms with Crippen LogP contribution >= 0.6 is 11.3 Å². The Morgan fingerprint density at radius 3 is 2.40 bits per heavy atom. The number of benzene rings is 2. The van der Waals surface area contributed by atoms with Crippen LogP contribution in [0.15, 0.2) is 65.8 Å². The summed E-state index contributed by atoms with van der Waals surface area (Å²) in [6.45, 7) is 0. The van der Waals surface area contributed by atoms with E-state index >= 15 is 0 Å². The van der Waals surface area contributed by atoms with Crippen molar-refractivity contribution in [1.82, 2.24) is 0 Å². The number of nitrogens with one attached hydrogen (secondary N) is 1. The highest BCUT2D eigenvalue weighted by molar-refractivity contribution is 7.19. The Kier molecular flexibility index (Phi) is 5.11. The van der Waals surface area contributed by atoms with E-state index in [0.29, 0.717) is 21.7 Å². The lowest BCUT2D eigenvalue weighted by atomic mass is 10.1. The van der Waals surface area contributed by atoms with Gasteiger partial charge in [-0.05, 0) is 12.1 Å². The Morgan fingerprint density at radius 2 is 1.76 bits per heavy atom. The monoisotopic (exact) mass is 351 g/mol. The number of nitrogen functional groups attached to an aromatic ring is 1. The van der Waals surface area contributed by atoms with E-state index in [4.69, 9.17) is 10.6 Å². The summed E-state index contributed by atoms with van der Waals surface area (Å²) >= 11 is 1.30. The van der Waals surface area contributed by atoms with Crippen molar-refractivity contribution in [3.05, 3.63) is 76.7 Å². The first-order valence-corrected chi connectivity index (χ1v) is 8.43. The number of carbonyl (C=O) groups excluding carboxylic acids is 1. The lowest BCUT2D eigenvalue weighted by Gasteiger charge is -2.04. The zero-order chi connectivity index (χ0) is 17.6. The van der Waals surface area contributed by atoms with E-state index in [2.05, 4.69) is 10.5 Å². The van der Waals surface area contributed by atoms with Gasteiger partial charge in [-0.3, -0.25) is 4.79 Å². The van der Waals surface area contributed by atoms with Crippen LogP contribution in [0.3, 0.4) is 0 Å². The molecule has 5 nitrogen and oxygen atoms in total. The van der Waals surface area contributed by atoms with E-state index in [0.717, 1.165) is 10.7 Å². The molecule has 3 aromatic rings. The van der Waals surface area contributed by atoms with Gasteiger partial charge < -0.3 is 15.9 Å². The summed E-state index contributed by atoms with van der Waals surface area (Å²) in [4.78, 5) is 18.0. The Hall–Kier alpha value is -3.12. The van der Waals surface area contributed by atoms with Crippen LogP contribution in [0.25, 0.3) is 0 Å². The Morgan fingerprint density at radius 1 is 1.12 bits per heavy atom. The smallest absolute Gasteiger partial charge is 0.205 e. The van der Waals surface area contributed by atoms with Crippen LogP contribution in [0, 0.1) is 0 Å². The molecule has 25 heavy (non-hydrogen) atoms. The van der Waals surface area contributed by atoms with Gasteiger partial charge in [0.15, 0.2) is 0 Å². The predicted molar refractivity (Wildman–Crippen MR) is 103 cm³/mol. The fraction of sp³-hybridized carbons (Fsp3) is 0.0526. The molecule has 0 spiro atoms. The van der Waals surface area contributed by atoms with Gasteiger partial charge in [0.2, 0.25) is 5.78 Å². The molecule has 1 heterocycles. The van der Waals surface area contributed by atoms with Gasteiger partial charge in [-0.15, -0.1) is 11.3 Å². The highest BCUT2D eigenvalue weighted by atomic mass is 32.1. The molecule has 0 saturated heterocycles. The zero-order valence-corrected chi connectivity index (χ0v) is 14.4. The Bertz CT molecular complexity index is 890. The minimum absolute atomic E-state index is 0.115. The van der Waals surface area contributed by atoms with Crippen molar-refractivity contribution in [2.45, 2.75) is 0 Å². The van der Waals surface area contributed by atoms with Crippen LogP contribution in [-0.4, -0.2) is 19.1 Å². The highest BCUT2D eigenvalue weighted by Crippen LogP contribution is 2.37. The second-order valence-corrected chi connectivity index (χ2v) is 6.21. The summed E-state index contributed by atoms with van der Waals surface area (Å²) in [7, 11) is 1.46. The van der Waals surface area contributed by atoms with Gasteiger partial charge in [-0.25, -0.2) is 0 Å². The van der Waals surface area contributed by atoms with Crippen molar-refractivity contribution in [3.63, 3.8) is 0 Å². The second-order valence-electron chi connectivity index (χ2n) is 5.19. The summed E-state index contributed by atoms with van der Waals surface area (Å²) in [6, 6.07) is 18.7. The van der Waals surface area contributed by atoms with E-state index < -0.39 is 0 Å². The maximum absolute atomic E-state index is 12.8. The van der Waals surface area contributed by atoms with Crippen LogP contribution in [0.4, 0.5) is 16.4 Å². The number of ketones is 1. The molecular weight excluding hydrogens is 334 g/mol. The summed E-state index contributed by atoms with van der Waals surface area (Å²) < 4.78 is 0. The fourth-order valence-electron chi connectivity index (χ4n) is 2.32. The lowest BCUT2D eigenvalue weighted by molar-refractivity contribution is 0.104. The standard InChI is InChI=1S/C19H17N3O2S/c1-24-21-12-15-16(20)18(17(23)13-8-4-2-5-9-13)25-19(15)22-14-10-6-3-7-11-14/h2-12,22H,20H2,1H3. The molecule has 0 aliphatic carbocycles. The molecule has 0 amide bonds. The van der Waals surface area contributed by atoms with E-state index in [1.807, 2.05) is 48.5 Å². The summed E-state index contributed by atoms with van der Waals surface area (Å²) in [6.07, 6.45) is 1.51. The molecule has 3 N–H and O–H groups in total. The maximum Gasteiger partial charge on any atom is 0.205 e. The minimum Gasteiger partial charge on any atom is -0.399 e. The SMILES string of the molecule is CON=Cc1c(Nc2ccccc2)sc(C(=O)c2ccccc2)c1N. The van der Waals surface area contributed by atoms with Crippen molar-refractivity contribution >= 4 is 39.7 Å². The van der Waals surface area contributed by atoms with Gasteiger partial charge in [0.1, 0.15) is 17.0 Å². The van der Waals surface area contributed by atoms with E-state index in [1.54, 1.807) is 12.1 Å². The van der Waals surface area contributed by atoms with Crippen LogP contribution in [0.2, 0.25) is 0 Å².